The maximum absolute atomic E-state index is 11.9. The van der Waals surface area contributed by atoms with Crippen molar-refractivity contribution in [3.63, 3.8) is 0 Å². The first-order valence-electron chi connectivity index (χ1n) is 4.73. The summed E-state index contributed by atoms with van der Waals surface area (Å²) in [5.74, 6) is -0.300. The molecule has 1 aromatic carbocycles. The maximum Gasteiger partial charge on any atom is 0.573 e. The van der Waals surface area contributed by atoms with E-state index >= 15 is 0 Å². The van der Waals surface area contributed by atoms with Crippen LogP contribution in [0.4, 0.5) is 18.0 Å². The van der Waals surface area contributed by atoms with Crippen LogP contribution in [0.3, 0.4) is 0 Å². The molecule has 1 atom stereocenters. The van der Waals surface area contributed by atoms with Gasteiger partial charge in [-0.3, -0.25) is 0 Å². The maximum atomic E-state index is 11.9. The Morgan fingerprint density at radius 3 is 2.33 bits per heavy atom. The fraction of sp³-hybridized carbons (Fsp3) is 0.300. The van der Waals surface area contributed by atoms with E-state index in [2.05, 4.69) is 14.8 Å². The summed E-state index contributed by atoms with van der Waals surface area (Å²) in [5.41, 5.74) is 0.658. The number of amides is 1. The molecule has 8 heteroatoms. The van der Waals surface area contributed by atoms with E-state index in [0.717, 1.165) is 0 Å². The van der Waals surface area contributed by atoms with E-state index in [9.17, 15) is 18.0 Å². The van der Waals surface area contributed by atoms with Gasteiger partial charge in [0.15, 0.2) is 0 Å². The molecule has 1 aromatic rings. The fourth-order valence-electron chi connectivity index (χ4n) is 1.47. The molecule has 1 aliphatic heterocycles. The zero-order chi connectivity index (χ0) is 12.5. The Kier molecular flexibility index (Phi) is 4.28. The first kappa shape index (κ1) is 14.4. The number of hydrogen-bond acceptors (Lipinski definition) is 3. The molecule has 0 spiro atoms. The van der Waals surface area contributed by atoms with Gasteiger partial charge in [0, 0.05) is 0 Å². The first-order valence-corrected chi connectivity index (χ1v) is 4.73. The van der Waals surface area contributed by atoms with Crippen LogP contribution >= 0.6 is 12.4 Å². The third-order valence-corrected chi connectivity index (χ3v) is 2.19. The molecule has 0 aliphatic carbocycles. The van der Waals surface area contributed by atoms with Crippen molar-refractivity contribution in [2.24, 2.45) is 0 Å². The van der Waals surface area contributed by atoms with E-state index in [-0.39, 0.29) is 30.8 Å². The third-order valence-electron chi connectivity index (χ3n) is 2.19. The topological polar surface area (TPSA) is 47.6 Å². The van der Waals surface area contributed by atoms with Crippen molar-refractivity contribution in [1.29, 1.82) is 0 Å². The zero-order valence-corrected chi connectivity index (χ0v) is 9.68. The van der Waals surface area contributed by atoms with Gasteiger partial charge in [-0.2, -0.15) is 0 Å². The first-order chi connectivity index (χ1) is 7.94. The molecule has 1 heterocycles. The average molecular weight is 284 g/mol. The fourth-order valence-corrected chi connectivity index (χ4v) is 1.47. The molecule has 4 nitrogen and oxygen atoms in total. The molecular formula is C10H9ClF3NO3. The molecule has 1 N–H and O–H groups in total. The number of benzene rings is 1. The van der Waals surface area contributed by atoms with Gasteiger partial charge in [0.1, 0.15) is 12.4 Å². The van der Waals surface area contributed by atoms with Gasteiger partial charge in [-0.25, -0.2) is 4.79 Å². The molecule has 0 bridgehead atoms. The highest BCUT2D eigenvalue weighted by atomic mass is 35.5. The number of rotatable bonds is 2. The second-order valence-electron chi connectivity index (χ2n) is 3.41. The minimum absolute atomic E-state index is 0. The van der Waals surface area contributed by atoms with E-state index in [1.54, 1.807) is 0 Å². The highest BCUT2D eigenvalue weighted by molar-refractivity contribution is 5.85. The Labute approximate surface area is 106 Å². The number of hydrogen-bond donors (Lipinski definition) is 1. The number of alkyl halides is 3. The second kappa shape index (κ2) is 5.34. The summed E-state index contributed by atoms with van der Waals surface area (Å²) < 4.78 is 44.1. The average Bonchev–Trinajstić information content (AvgIpc) is 2.63. The normalized spacial score (nSPS) is 18.6. The SMILES string of the molecule is Cl.O=C1N[C@@H](c2ccc(OC(F)(F)F)cc2)CO1. The minimum atomic E-state index is -4.70. The monoisotopic (exact) mass is 283 g/mol. The highest BCUT2D eigenvalue weighted by Gasteiger charge is 2.31. The van der Waals surface area contributed by atoms with Crippen LogP contribution < -0.4 is 10.1 Å². The molecule has 0 saturated carbocycles. The van der Waals surface area contributed by atoms with Crippen molar-refractivity contribution in [2.45, 2.75) is 12.4 Å². The minimum Gasteiger partial charge on any atom is -0.447 e. The smallest absolute Gasteiger partial charge is 0.447 e. The number of halogens is 4. The van der Waals surface area contributed by atoms with Gasteiger partial charge in [0.25, 0.3) is 0 Å². The summed E-state index contributed by atoms with van der Waals surface area (Å²) in [6.45, 7) is 0.165. The van der Waals surface area contributed by atoms with Crippen LogP contribution in [-0.4, -0.2) is 19.1 Å². The molecule has 100 valence electrons. The van der Waals surface area contributed by atoms with E-state index in [1.807, 2.05) is 0 Å². The number of nitrogens with one attached hydrogen (secondary N) is 1. The lowest BCUT2D eigenvalue weighted by Crippen LogP contribution is -2.19. The number of carbonyl (C=O) groups is 1. The number of carbonyl (C=O) groups excluding carboxylic acids is 1. The predicted octanol–water partition coefficient (Wildman–Crippen LogP) is 2.79. The van der Waals surface area contributed by atoms with Crippen molar-refractivity contribution in [3.05, 3.63) is 29.8 Å². The van der Waals surface area contributed by atoms with Crippen LogP contribution in [0, 0.1) is 0 Å². The predicted molar refractivity (Wildman–Crippen MR) is 57.6 cm³/mol. The summed E-state index contributed by atoms with van der Waals surface area (Å²) in [6, 6.07) is 4.93. The summed E-state index contributed by atoms with van der Waals surface area (Å²) in [6.07, 6.45) is -5.24. The summed E-state index contributed by atoms with van der Waals surface area (Å²) in [7, 11) is 0. The van der Waals surface area contributed by atoms with Gasteiger partial charge in [-0.05, 0) is 17.7 Å². The Morgan fingerprint density at radius 2 is 1.89 bits per heavy atom. The van der Waals surface area contributed by atoms with Crippen LogP contribution in [0.5, 0.6) is 5.75 Å². The summed E-state index contributed by atoms with van der Waals surface area (Å²) in [5, 5.41) is 2.51. The quantitative estimate of drug-likeness (QED) is 0.908. The molecule has 1 aliphatic rings. The standard InChI is InChI=1S/C10H8F3NO3.ClH/c11-10(12,13)17-7-3-1-6(2-4-7)8-5-16-9(15)14-8;/h1-4,8H,5H2,(H,14,15);1H/t8-;/m1./s1. The molecule has 18 heavy (non-hydrogen) atoms. The third kappa shape index (κ3) is 3.69. The molecule has 1 amide bonds. The zero-order valence-electron chi connectivity index (χ0n) is 8.86. The van der Waals surface area contributed by atoms with Gasteiger partial charge in [-0.15, -0.1) is 25.6 Å². The lowest BCUT2D eigenvalue weighted by atomic mass is 10.1. The highest BCUT2D eigenvalue weighted by Crippen LogP contribution is 2.25. The van der Waals surface area contributed by atoms with Gasteiger partial charge >= 0.3 is 12.5 Å². The van der Waals surface area contributed by atoms with Crippen LogP contribution in [0.15, 0.2) is 24.3 Å². The van der Waals surface area contributed by atoms with Gasteiger partial charge in [0.2, 0.25) is 0 Å². The number of cyclic esters (lactones) is 1. The second-order valence-corrected chi connectivity index (χ2v) is 3.41. The molecule has 2 rings (SSSR count). The van der Waals surface area contributed by atoms with E-state index in [4.69, 9.17) is 0 Å². The van der Waals surface area contributed by atoms with Gasteiger partial charge in [-0.1, -0.05) is 12.1 Å². The van der Waals surface area contributed by atoms with Crippen molar-refractivity contribution in [3.8, 4) is 5.75 Å². The largest absolute Gasteiger partial charge is 0.573 e. The Morgan fingerprint density at radius 1 is 1.28 bits per heavy atom. The molecule has 0 unspecified atom stereocenters. The van der Waals surface area contributed by atoms with Gasteiger partial charge in [0.05, 0.1) is 6.04 Å². The van der Waals surface area contributed by atoms with Crippen molar-refractivity contribution < 1.29 is 27.4 Å². The van der Waals surface area contributed by atoms with Crippen molar-refractivity contribution in [2.75, 3.05) is 6.61 Å². The molecule has 0 aromatic heterocycles. The van der Waals surface area contributed by atoms with E-state index in [1.165, 1.54) is 24.3 Å². The number of alkyl carbamates (subject to hydrolysis) is 1. The lowest BCUT2D eigenvalue weighted by molar-refractivity contribution is -0.274. The van der Waals surface area contributed by atoms with E-state index < -0.39 is 12.5 Å². The molecule has 1 saturated heterocycles. The van der Waals surface area contributed by atoms with Crippen molar-refractivity contribution >= 4 is 18.5 Å². The van der Waals surface area contributed by atoms with Crippen LogP contribution in [0.25, 0.3) is 0 Å². The van der Waals surface area contributed by atoms with Crippen LogP contribution in [-0.2, 0) is 4.74 Å². The Balaban J connectivity index is 0.00000162. The van der Waals surface area contributed by atoms with Crippen molar-refractivity contribution in [1.82, 2.24) is 5.32 Å². The molecular weight excluding hydrogens is 275 g/mol. The lowest BCUT2D eigenvalue weighted by Gasteiger charge is -2.11. The molecule has 1 fully saturated rings. The summed E-state index contributed by atoms with van der Waals surface area (Å²) in [4.78, 5) is 10.8. The van der Waals surface area contributed by atoms with Crippen LogP contribution in [0.1, 0.15) is 11.6 Å². The number of ether oxygens (including phenoxy) is 2. The van der Waals surface area contributed by atoms with Crippen LogP contribution in [0.2, 0.25) is 0 Å². The Bertz CT molecular complexity index is 421. The summed E-state index contributed by atoms with van der Waals surface area (Å²) >= 11 is 0. The van der Waals surface area contributed by atoms with Gasteiger partial charge < -0.3 is 14.8 Å². The Hall–Kier alpha value is -1.63. The molecule has 0 radical (unpaired) electrons. The van der Waals surface area contributed by atoms with E-state index in [0.29, 0.717) is 5.56 Å².